The van der Waals surface area contributed by atoms with Gasteiger partial charge in [0.15, 0.2) is 5.82 Å². The van der Waals surface area contributed by atoms with E-state index in [9.17, 15) is 0 Å². The molecule has 0 spiro atoms. The third kappa shape index (κ3) is 3.11. The van der Waals surface area contributed by atoms with Crippen LogP contribution in [0, 0.1) is 0 Å². The molecule has 0 aliphatic heterocycles. The highest BCUT2D eigenvalue weighted by atomic mass is 79.9. The van der Waals surface area contributed by atoms with Gasteiger partial charge in [0, 0.05) is 21.4 Å². The molecule has 0 bridgehead atoms. The van der Waals surface area contributed by atoms with E-state index in [2.05, 4.69) is 47.3 Å². The van der Waals surface area contributed by atoms with Crippen LogP contribution in [0.4, 0.5) is 0 Å². The molecule has 1 aromatic heterocycles. The first-order valence-corrected chi connectivity index (χ1v) is 6.58. The first kappa shape index (κ1) is 12.7. The molecule has 2 aromatic rings. The van der Waals surface area contributed by atoms with E-state index in [1.165, 1.54) is 4.80 Å². The Balaban J connectivity index is 2.19. The predicted octanol–water partition coefficient (Wildman–Crippen LogP) is 1.98. The third-order valence-electron chi connectivity index (χ3n) is 2.31. The van der Waals surface area contributed by atoms with E-state index in [4.69, 9.17) is 5.73 Å². The van der Waals surface area contributed by atoms with Crippen LogP contribution in [0.25, 0.3) is 0 Å². The van der Waals surface area contributed by atoms with Crippen molar-refractivity contribution in [1.29, 1.82) is 0 Å². The van der Waals surface area contributed by atoms with Gasteiger partial charge < -0.3 is 5.73 Å². The Labute approximate surface area is 116 Å². The highest BCUT2D eigenvalue weighted by Gasteiger charge is 2.14. The molecular formula is C10H11Br2N5. The van der Waals surface area contributed by atoms with Gasteiger partial charge >= 0.3 is 0 Å². The summed E-state index contributed by atoms with van der Waals surface area (Å²) in [4.78, 5) is 1.43. The SMILES string of the molecule is Cn1nnc(CC(N)c2cc(Br)ccc2Br)n1. The van der Waals surface area contributed by atoms with E-state index in [-0.39, 0.29) is 6.04 Å². The minimum atomic E-state index is -0.161. The molecule has 0 fully saturated rings. The molecule has 7 heteroatoms. The zero-order valence-corrected chi connectivity index (χ0v) is 12.3. The molecule has 1 atom stereocenters. The van der Waals surface area contributed by atoms with Crippen molar-refractivity contribution in [2.75, 3.05) is 0 Å². The van der Waals surface area contributed by atoms with Gasteiger partial charge in [-0.05, 0) is 29.0 Å². The van der Waals surface area contributed by atoms with Crippen molar-refractivity contribution in [2.45, 2.75) is 12.5 Å². The molecule has 0 aliphatic rings. The minimum Gasteiger partial charge on any atom is -0.324 e. The zero-order valence-electron chi connectivity index (χ0n) is 9.14. The van der Waals surface area contributed by atoms with Crippen molar-refractivity contribution < 1.29 is 0 Å². The molecule has 1 aromatic carbocycles. The molecule has 1 heterocycles. The summed E-state index contributed by atoms with van der Waals surface area (Å²) in [5.74, 6) is 0.645. The van der Waals surface area contributed by atoms with Crippen LogP contribution in [0.3, 0.4) is 0 Å². The third-order valence-corrected chi connectivity index (χ3v) is 3.53. The summed E-state index contributed by atoms with van der Waals surface area (Å²) < 4.78 is 1.98. The number of benzene rings is 1. The number of hydrogen-bond acceptors (Lipinski definition) is 4. The van der Waals surface area contributed by atoms with Crippen LogP contribution in [0.15, 0.2) is 27.1 Å². The maximum atomic E-state index is 6.14. The normalized spacial score (nSPS) is 12.7. The first-order valence-electron chi connectivity index (χ1n) is 4.99. The zero-order chi connectivity index (χ0) is 12.4. The lowest BCUT2D eigenvalue weighted by atomic mass is 10.0. The summed E-state index contributed by atoms with van der Waals surface area (Å²) in [6.45, 7) is 0. The van der Waals surface area contributed by atoms with Gasteiger partial charge in [0.2, 0.25) is 0 Å². The van der Waals surface area contributed by atoms with Gasteiger partial charge in [0.25, 0.3) is 0 Å². The number of rotatable bonds is 3. The van der Waals surface area contributed by atoms with E-state index in [0.717, 1.165) is 14.5 Å². The van der Waals surface area contributed by atoms with Crippen molar-refractivity contribution in [2.24, 2.45) is 12.8 Å². The fourth-order valence-electron chi connectivity index (χ4n) is 1.51. The van der Waals surface area contributed by atoms with E-state index < -0.39 is 0 Å². The van der Waals surface area contributed by atoms with E-state index in [1.807, 2.05) is 18.2 Å². The fraction of sp³-hybridized carbons (Fsp3) is 0.300. The molecule has 0 saturated heterocycles. The van der Waals surface area contributed by atoms with Crippen LogP contribution < -0.4 is 5.73 Å². The number of tetrazole rings is 1. The second-order valence-electron chi connectivity index (χ2n) is 3.67. The summed E-state index contributed by atoms with van der Waals surface area (Å²) in [6.07, 6.45) is 0.558. The molecule has 1 unspecified atom stereocenters. The standard InChI is InChI=1S/C10H11Br2N5/c1-17-15-10(14-16-17)5-9(13)7-4-6(11)2-3-8(7)12/h2-4,9H,5,13H2,1H3. The smallest absolute Gasteiger partial charge is 0.176 e. The number of halogens is 2. The van der Waals surface area contributed by atoms with Crippen molar-refractivity contribution in [1.82, 2.24) is 20.2 Å². The van der Waals surface area contributed by atoms with E-state index in [1.54, 1.807) is 7.05 Å². The van der Waals surface area contributed by atoms with Crippen LogP contribution in [-0.2, 0) is 13.5 Å². The Morgan fingerprint density at radius 2 is 2.18 bits per heavy atom. The molecule has 5 nitrogen and oxygen atoms in total. The largest absolute Gasteiger partial charge is 0.324 e. The molecular weight excluding hydrogens is 350 g/mol. The topological polar surface area (TPSA) is 69.6 Å². The van der Waals surface area contributed by atoms with Crippen LogP contribution in [-0.4, -0.2) is 20.2 Å². The summed E-state index contributed by atoms with van der Waals surface area (Å²) in [5.41, 5.74) is 7.16. The quantitative estimate of drug-likeness (QED) is 0.908. The highest BCUT2D eigenvalue weighted by Crippen LogP contribution is 2.27. The summed E-state index contributed by atoms with van der Waals surface area (Å²) in [6, 6.07) is 5.75. The average Bonchev–Trinajstić information content (AvgIpc) is 2.67. The lowest BCUT2D eigenvalue weighted by Crippen LogP contribution is -2.15. The molecule has 2 rings (SSSR count). The van der Waals surface area contributed by atoms with E-state index in [0.29, 0.717) is 12.2 Å². The van der Waals surface area contributed by atoms with Crippen molar-refractivity contribution >= 4 is 31.9 Å². The predicted molar refractivity (Wildman–Crippen MR) is 71.3 cm³/mol. The monoisotopic (exact) mass is 359 g/mol. The molecule has 17 heavy (non-hydrogen) atoms. The number of nitrogens with zero attached hydrogens (tertiary/aromatic N) is 4. The molecule has 0 saturated carbocycles. The minimum absolute atomic E-state index is 0.161. The van der Waals surface area contributed by atoms with Gasteiger partial charge in [-0.3, -0.25) is 0 Å². The molecule has 2 N–H and O–H groups in total. The maximum absolute atomic E-state index is 6.14. The van der Waals surface area contributed by atoms with E-state index >= 15 is 0 Å². The molecule has 90 valence electrons. The van der Waals surface area contributed by atoms with Crippen LogP contribution >= 0.6 is 31.9 Å². The second kappa shape index (κ2) is 5.24. The second-order valence-corrected chi connectivity index (χ2v) is 5.44. The molecule has 0 radical (unpaired) electrons. The Kier molecular flexibility index (Phi) is 3.90. The number of aromatic nitrogens is 4. The van der Waals surface area contributed by atoms with Gasteiger partial charge in [0.05, 0.1) is 7.05 Å². The molecule has 0 aliphatic carbocycles. The van der Waals surface area contributed by atoms with Gasteiger partial charge in [-0.25, -0.2) is 0 Å². The number of aryl methyl sites for hydroxylation is 1. The number of nitrogens with two attached hydrogens (primary N) is 1. The van der Waals surface area contributed by atoms with Crippen molar-refractivity contribution in [3.63, 3.8) is 0 Å². The lowest BCUT2D eigenvalue weighted by molar-refractivity contribution is 0.622. The van der Waals surface area contributed by atoms with Crippen LogP contribution in [0.1, 0.15) is 17.4 Å². The summed E-state index contributed by atoms with van der Waals surface area (Å²) in [5, 5.41) is 11.8. The fourth-order valence-corrected chi connectivity index (χ4v) is 2.43. The summed E-state index contributed by atoms with van der Waals surface area (Å²) >= 11 is 6.92. The maximum Gasteiger partial charge on any atom is 0.176 e. The van der Waals surface area contributed by atoms with Crippen molar-refractivity contribution in [3.8, 4) is 0 Å². The van der Waals surface area contributed by atoms with Crippen LogP contribution in [0.5, 0.6) is 0 Å². The molecule has 0 amide bonds. The Morgan fingerprint density at radius 3 is 2.82 bits per heavy atom. The lowest BCUT2D eigenvalue weighted by Gasteiger charge is -2.12. The Bertz CT molecular complexity index is 525. The first-order chi connectivity index (χ1) is 8.06. The van der Waals surface area contributed by atoms with Gasteiger partial charge in [0.1, 0.15) is 0 Å². The Hall–Kier alpha value is -0.790. The number of hydrogen-bond donors (Lipinski definition) is 1. The highest BCUT2D eigenvalue weighted by molar-refractivity contribution is 9.11. The van der Waals surface area contributed by atoms with Crippen LogP contribution in [0.2, 0.25) is 0 Å². The van der Waals surface area contributed by atoms with Gasteiger partial charge in [-0.2, -0.15) is 4.80 Å². The van der Waals surface area contributed by atoms with Crippen molar-refractivity contribution in [3.05, 3.63) is 38.5 Å². The van der Waals surface area contributed by atoms with Gasteiger partial charge in [-0.1, -0.05) is 31.9 Å². The average molecular weight is 361 g/mol. The van der Waals surface area contributed by atoms with Gasteiger partial charge in [-0.15, -0.1) is 10.2 Å². The Morgan fingerprint density at radius 1 is 1.41 bits per heavy atom. The summed E-state index contributed by atoms with van der Waals surface area (Å²) in [7, 11) is 1.73.